The van der Waals surface area contributed by atoms with Gasteiger partial charge in [0, 0.05) is 22.8 Å². The molecule has 0 aliphatic rings. The third-order valence-electron chi connectivity index (χ3n) is 2.35. The number of hydrogen-bond donors (Lipinski definition) is 0. The first-order valence-electron chi connectivity index (χ1n) is 5.64. The van der Waals surface area contributed by atoms with Gasteiger partial charge in [0.1, 0.15) is 0 Å². The van der Waals surface area contributed by atoms with Crippen molar-refractivity contribution in [1.29, 1.82) is 0 Å². The second-order valence-electron chi connectivity index (χ2n) is 3.71. The first kappa shape index (κ1) is 12.8. The lowest BCUT2D eigenvalue weighted by atomic mass is 10.3. The van der Waals surface area contributed by atoms with Gasteiger partial charge in [0.25, 0.3) is 5.56 Å². The molecule has 0 fully saturated rings. The van der Waals surface area contributed by atoms with E-state index in [-0.39, 0.29) is 5.56 Å². The zero-order valence-electron chi connectivity index (χ0n) is 9.97. The molecule has 18 heavy (non-hydrogen) atoms. The van der Waals surface area contributed by atoms with Crippen molar-refractivity contribution < 1.29 is 4.74 Å². The van der Waals surface area contributed by atoms with Gasteiger partial charge in [0.15, 0.2) is 0 Å². The van der Waals surface area contributed by atoms with Crippen molar-refractivity contribution in [3.8, 4) is 5.88 Å². The molecular weight excluding hydrogens is 296 g/mol. The van der Waals surface area contributed by atoms with Crippen LogP contribution in [-0.2, 0) is 6.54 Å². The van der Waals surface area contributed by atoms with Gasteiger partial charge >= 0.3 is 0 Å². The lowest BCUT2D eigenvalue weighted by Gasteiger charge is -2.07. The number of pyridine rings is 2. The van der Waals surface area contributed by atoms with E-state index in [0.29, 0.717) is 19.0 Å². The Bertz CT molecular complexity index is 596. The lowest BCUT2D eigenvalue weighted by Crippen LogP contribution is -2.19. The predicted molar refractivity (Wildman–Crippen MR) is 72.9 cm³/mol. The Morgan fingerprint density at radius 1 is 1.33 bits per heavy atom. The maximum absolute atomic E-state index is 11.7. The normalized spacial score (nSPS) is 10.3. The van der Waals surface area contributed by atoms with E-state index in [1.807, 2.05) is 19.1 Å². The van der Waals surface area contributed by atoms with Crippen LogP contribution in [0.4, 0.5) is 0 Å². The maximum Gasteiger partial charge on any atom is 0.250 e. The summed E-state index contributed by atoms with van der Waals surface area (Å²) in [4.78, 5) is 16.0. The molecule has 2 rings (SSSR count). The Labute approximate surface area is 113 Å². The van der Waals surface area contributed by atoms with Gasteiger partial charge in [0.2, 0.25) is 5.88 Å². The molecule has 0 amide bonds. The van der Waals surface area contributed by atoms with Gasteiger partial charge in [-0.05, 0) is 35.0 Å². The maximum atomic E-state index is 11.7. The Kier molecular flexibility index (Phi) is 4.15. The number of hydrogen-bond acceptors (Lipinski definition) is 3. The monoisotopic (exact) mass is 308 g/mol. The van der Waals surface area contributed by atoms with Crippen molar-refractivity contribution in [2.75, 3.05) is 6.61 Å². The molecule has 0 saturated carbocycles. The van der Waals surface area contributed by atoms with Crippen LogP contribution in [-0.4, -0.2) is 16.2 Å². The second kappa shape index (κ2) is 5.82. The number of aromatic nitrogens is 2. The molecule has 0 radical (unpaired) electrons. The third-order valence-corrected chi connectivity index (χ3v) is 2.82. The standard InChI is InChI=1S/C13H13BrN2O2/c1-2-18-12-5-3-4-11(15-12)9-16-8-10(14)6-7-13(16)17/h3-8H,2,9H2,1H3. The molecule has 2 aromatic heterocycles. The Morgan fingerprint density at radius 2 is 2.17 bits per heavy atom. The Hall–Kier alpha value is -1.62. The molecule has 0 N–H and O–H groups in total. The highest BCUT2D eigenvalue weighted by atomic mass is 79.9. The van der Waals surface area contributed by atoms with Crippen molar-refractivity contribution in [3.63, 3.8) is 0 Å². The minimum absolute atomic E-state index is 0.0539. The molecule has 5 heteroatoms. The summed E-state index contributed by atoms with van der Waals surface area (Å²) in [5.41, 5.74) is 0.739. The quantitative estimate of drug-likeness (QED) is 0.871. The highest BCUT2D eigenvalue weighted by molar-refractivity contribution is 9.10. The van der Waals surface area contributed by atoms with E-state index in [4.69, 9.17) is 4.74 Å². The minimum Gasteiger partial charge on any atom is -0.478 e. The summed E-state index contributed by atoms with van der Waals surface area (Å²) in [6.45, 7) is 2.92. The van der Waals surface area contributed by atoms with Crippen LogP contribution in [0.3, 0.4) is 0 Å². The smallest absolute Gasteiger partial charge is 0.250 e. The van der Waals surface area contributed by atoms with Gasteiger partial charge in [-0.15, -0.1) is 0 Å². The van der Waals surface area contributed by atoms with Crippen LogP contribution in [0.2, 0.25) is 0 Å². The first-order chi connectivity index (χ1) is 8.69. The summed E-state index contributed by atoms with van der Waals surface area (Å²) in [5, 5.41) is 0. The van der Waals surface area contributed by atoms with Crippen molar-refractivity contribution in [2.24, 2.45) is 0 Å². The number of nitrogens with zero attached hydrogens (tertiary/aromatic N) is 2. The highest BCUT2D eigenvalue weighted by Crippen LogP contribution is 2.10. The van der Waals surface area contributed by atoms with E-state index in [1.54, 1.807) is 22.9 Å². The van der Waals surface area contributed by atoms with Gasteiger partial charge in [-0.2, -0.15) is 0 Å². The van der Waals surface area contributed by atoms with Gasteiger partial charge < -0.3 is 9.30 Å². The molecule has 2 aromatic rings. The minimum atomic E-state index is -0.0539. The molecule has 0 aliphatic heterocycles. The molecule has 2 heterocycles. The fourth-order valence-electron chi connectivity index (χ4n) is 1.57. The van der Waals surface area contributed by atoms with E-state index in [0.717, 1.165) is 10.2 Å². The summed E-state index contributed by atoms with van der Waals surface area (Å²) in [7, 11) is 0. The molecule has 0 unspecified atom stereocenters. The summed E-state index contributed by atoms with van der Waals surface area (Å²) in [5.74, 6) is 0.582. The van der Waals surface area contributed by atoms with Crippen LogP contribution < -0.4 is 10.3 Å². The largest absolute Gasteiger partial charge is 0.478 e. The molecule has 0 atom stereocenters. The van der Waals surface area contributed by atoms with Crippen molar-refractivity contribution in [3.05, 3.63) is 57.0 Å². The highest BCUT2D eigenvalue weighted by Gasteiger charge is 2.02. The predicted octanol–water partition coefficient (Wildman–Crippen LogP) is 2.45. The summed E-state index contributed by atoms with van der Waals surface area (Å²) in [6, 6.07) is 8.79. The first-order valence-corrected chi connectivity index (χ1v) is 6.43. The van der Waals surface area contributed by atoms with E-state index in [2.05, 4.69) is 20.9 Å². The molecule has 0 aliphatic carbocycles. The summed E-state index contributed by atoms with van der Waals surface area (Å²) >= 11 is 3.34. The SMILES string of the molecule is CCOc1cccc(Cn2cc(Br)ccc2=O)n1. The average molecular weight is 309 g/mol. The zero-order valence-corrected chi connectivity index (χ0v) is 11.6. The van der Waals surface area contributed by atoms with Gasteiger partial charge in [-0.3, -0.25) is 4.79 Å². The lowest BCUT2D eigenvalue weighted by molar-refractivity contribution is 0.325. The summed E-state index contributed by atoms with van der Waals surface area (Å²) < 4.78 is 7.79. The third kappa shape index (κ3) is 3.20. The number of halogens is 1. The molecular formula is C13H13BrN2O2. The topological polar surface area (TPSA) is 44.1 Å². The van der Waals surface area contributed by atoms with Gasteiger partial charge in [-0.1, -0.05) is 6.07 Å². The second-order valence-corrected chi connectivity index (χ2v) is 4.63. The zero-order chi connectivity index (χ0) is 13.0. The van der Waals surface area contributed by atoms with Crippen molar-refractivity contribution in [1.82, 2.24) is 9.55 Å². The van der Waals surface area contributed by atoms with E-state index < -0.39 is 0 Å². The van der Waals surface area contributed by atoms with Crippen molar-refractivity contribution in [2.45, 2.75) is 13.5 Å². The van der Waals surface area contributed by atoms with Crippen LogP contribution in [0.5, 0.6) is 5.88 Å². The molecule has 0 saturated heterocycles. The number of rotatable bonds is 4. The van der Waals surface area contributed by atoms with Crippen LogP contribution in [0.15, 0.2) is 45.8 Å². The van der Waals surface area contributed by atoms with E-state index >= 15 is 0 Å². The van der Waals surface area contributed by atoms with Crippen LogP contribution in [0.1, 0.15) is 12.6 Å². The molecule has 0 spiro atoms. The Morgan fingerprint density at radius 3 is 2.94 bits per heavy atom. The molecule has 0 bridgehead atoms. The fourth-order valence-corrected chi connectivity index (χ4v) is 1.95. The van der Waals surface area contributed by atoms with Crippen molar-refractivity contribution >= 4 is 15.9 Å². The van der Waals surface area contributed by atoms with Crippen LogP contribution in [0, 0.1) is 0 Å². The van der Waals surface area contributed by atoms with Crippen LogP contribution >= 0.6 is 15.9 Å². The number of ether oxygens (including phenoxy) is 1. The Balaban J connectivity index is 2.25. The van der Waals surface area contributed by atoms with Gasteiger partial charge in [-0.25, -0.2) is 4.98 Å². The molecule has 4 nitrogen and oxygen atoms in total. The molecule has 0 aromatic carbocycles. The van der Waals surface area contributed by atoms with Crippen LogP contribution in [0.25, 0.3) is 0 Å². The van der Waals surface area contributed by atoms with E-state index in [1.165, 1.54) is 6.07 Å². The average Bonchev–Trinajstić information content (AvgIpc) is 2.35. The molecule has 94 valence electrons. The van der Waals surface area contributed by atoms with Gasteiger partial charge in [0.05, 0.1) is 18.8 Å². The van der Waals surface area contributed by atoms with E-state index in [9.17, 15) is 4.79 Å². The fraction of sp³-hybridized carbons (Fsp3) is 0.231. The summed E-state index contributed by atoms with van der Waals surface area (Å²) in [6.07, 6.45) is 1.75.